The summed E-state index contributed by atoms with van der Waals surface area (Å²) in [5.41, 5.74) is 2.23. The van der Waals surface area contributed by atoms with Gasteiger partial charge in [-0.05, 0) is 13.8 Å². The summed E-state index contributed by atoms with van der Waals surface area (Å²) in [4.78, 5) is 21.3. The van der Waals surface area contributed by atoms with Crippen LogP contribution in [-0.4, -0.2) is 59.5 Å². The topological polar surface area (TPSA) is 48.5 Å². The Balaban J connectivity index is 1.46. The van der Waals surface area contributed by atoms with Crippen LogP contribution in [0.2, 0.25) is 0 Å². The van der Waals surface area contributed by atoms with Gasteiger partial charge in [0.25, 0.3) is 0 Å². The number of rotatable bonds is 6. The van der Waals surface area contributed by atoms with Gasteiger partial charge in [-0.3, -0.25) is 14.6 Å². The Morgan fingerprint density at radius 2 is 1.84 bits per heavy atom. The van der Waals surface area contributed by atoms with Crippen LogP contribution in [0.15, 0.2) is 35.7 Å². The highest BCUT2D eigenvalue weighted by molar-refractivity contribution is 7.09. The Bertz CT molecular complexity index is 678. The molecular weight excluding hydrogens is 332 g/mol. The van der Waals surface area contributed by atoms with E-state index in [1.54, 1.807) is 11.3 Å². The second-order valence-electron chi connectivity index (χ2n) is 6.77. The summed E-state index contributed by atoms with van der Waals surface area (Å²) >= 11 is 1.73. The van der Waals surface area contributed by atoms with Gasteiger partial charge >= 0.3 is 0 Å². The van der Waals surface area contributed by atoms with Crippen molar-refractivity contribution in [1.29, 1.82) is 0 Å². The molecule has 2 heterocycles. The van der Waals surface area contributed by atoms with Crippen molar-refractivity contribution in [3.8, 4) is 11.3 Å². The first-order valence-electron chi connectivity index (χ1n) is 8.84. The fourth-order valence-corrected chi connectivity index (χ4v) is 3.84. The van der Waals surface area contributed by atoms with Crippen molar-refractivity contribution < 1.29 is 4.79 Å². The van der Waals surface area contributed by atoms with Gasteiger partial charge in [-0.15, -0.1) is 11.3 Å². The number of carbonyl (C=O) groups excluding carboxylic acids is 1. The number of piperazine rings is 1. The SMILES string of the molecule is CC(C)NC(=O)CN1CCN(Cc2nc(-c3ccccc3)cs2)CC1. The molecule has 1 aromatic heterocycles. The molecule has 0 bridgehead atoms. The molecule has 0 saturated carbocycles. The van der Waals surface area contributed by atoms with Crippen molar-refractivity contribution in [3.05, 3.63) is 40.7 Å². The third kappa shape index (κ3) is 5.36. The smallest absolute Gasteiger partial charge is 0.234 e. The van der Waals surface area contributed by atoms with E-state index in [9.17, 15) is 4.79 Å². The number of hydrogen-bond donors (Lipinski definition) is 1. The van der Waals surface area contributed by atoms with E-state index in [2.05, 4.69) is 32.6 Å². The van der Waals surface area contributed by atoms with Crippen LogP contribution in [0.4, 0.5) is 0 Å². The number of nitrogens with one attached hydrogen (secondary N) is 1. The third-order valence-electron chi connectivity index (χ3n) is 4.26. The molecule has 1 fully saturated rings. The van der Waals surface area contributed by atoms with Crippen LogP contribution in [0.1, 0.15) is 18.9 Å². The maximum Gasteiger partial charge on any atom is 0.234 e. The summed E-state index contributed by atoms with van der Waals surface area (Å²) in [7, 11) is 0. The van der Waals surface area contributed by atoms with E-state index in [-0.39, 0.29) is 11.9 Å². The number of thiazole rings is 1. The maximum absolute atomic E-state index is 11.9. The van der Waals surface area contributed by atoms with Gasteiger partial charge in [0.2, 0.25) is 5.91 Å². The van der Waals surface area contributed by atoms with Crippen molar-refractivity contribution in [1.82, 2.24) is 20.1 Å². The molecule has 0 spiro atoms. The lowest BCUT2D eigenvalue weighted by Crippen LogP contribution is -2.49. The first kappa shape index (κ1) is 18.0. The lowest BCUT2D eigenvalue weighted by molar-refractivity contribution is -0.123. The standard InChI is InChI=1S/C19H26N4OS/c1-15(2)20-18(24)12-22-8-10-23(11-9-22)13-19-21-17(14-25-19)16-6-4-3-5-7-16/h3-7,14-15H,8-13H2,1-2H3,(H,20,24). The molecule has 6 heteroatoms. The molecule has 1 amide bonds. The molecule has 3 rings (SSSR count). The van der Waals surface area contributed by atoms with Crippen molar-refractivity contribution >= 4 is 17.2 Å². The maximum atomic E-state index is 11.9. The molecule has 1 aliphatic rings. The molecule has 0 unspecified atom stereocenters. The van der Waals surface area contributed by atoms with Gasteiger partial charge < -0.3 is 5.32 Å². The monoisotopic (exact) mass is 358 g/mol. The zero-order valence-electron chi connectivity index (χ0n) is 14.9. The number of nitrogens with zero attached hydrogens (tertiary/aromatic N) is 3. The summed E-state index contributed by atoms with van der Waals surface area (Å²) in [6.07, 6.45) is 0. The highest BCUT2D eigenvalue weighted by Gasteiger charge is 2.20. The first-order valence-corrected chi connectivity index (χ1v) is 9.72. The van der Waals surface area contributed by atoms with Gasteiger partial charge in [-0.2, -0.15) is 0 Å². The lowest BCUT2D eigenvalue weighted by atomic mass is 10.2. The molecule has 1 aromatic carbocycles. The van der Waals surface area contributed by atoms with Gasteiger partial charge in [0.05, 0.1) is 18.8 Å². The second kappa shape index (κ2) is 8.56. The van der Waals surface area contributed by atoms with E-state index < -0.39 is 0 Å². The van der Waals surface area contributed by atoms with Gasteiger partial charge in [-0.25, -0.2) is 4.98 Å². The zero-order valence-corrected chi connectivity index (χ0v) is 15.8. The molecule has 5 nitrogen and oxygen atoms in total. The van der Waals surface area contributed by atoms with E-state index in [1.165, 1.54) is 5.56 Å². The Kier molecular flexibility index (Phi) is 6.18. The molecular formula is C19H26N4OS. The summed E-state index contributed by atoms with van der Waals surface area (Å²) < 4.78 is 0. The molecule has 0 radical (unpaired) electrons. The van der Waals surface area contributed by atoms with E-state index in [0.717, 1.165) is 43.4 Å². The number of aromatic nitrogens is 1. The van der Waals surface area contributed by atoms with Crippen molar-refractivity contribution in [2.75, 3.05) is 32.7 Å². The molecule has 1 N–H and O–H groups in total. The van der Waals surface area contributed by atoms with Gasteiger partial charge in [-0.1, -0.05) is 30.3 Å². The van der Waals surface area contributed by atoms with Crippen LogP contribution in [0.5, 0.6) is 0 Å². The van der Waals surface area contributed by atoms with Gasteiger partial charge in [0.15, 0.2) is 0 Å². The molecule has 134 valence electrons. The van der Waals surface area contributed by atoms with Gasteiger partial charge in [0, 0.05) is 43.2 Å². The molecule has 1 saturated heterocycles. The number of benzene rings is 1. The first-order chi connectivity index (χ1) is 12.1. The van der Waals surface area contributed by atoms with Crippen LogP contribution < -0.4 is 5.32 Å². The molecule has 0 aliphatic carbocycles. The predicted molar refractivity (Wildman–Crippen MR) is 103 cm³/mol. The molecule has 25 heavy (non-hydrogen) atoms. The minimum atomic E-state index is 0.121. The summed E-state index contributed by atoms with van der Waals surface area (Å²) in [6.45, 7) is 9.21. The normalized spacial score (nSPS) is 16.3. The van der Waals surface area contributed by atoms with Gasteiger partial charge in [0.1, 0.15) is 5.01 Å². The van der Waals surface area contributed by atoms with Crippen LogP contribution in [-0.2, 0) is 11.3 Å². The van der Waals surface area contributed by atoms with Crippen LogP contribution in [0.25, 0.3) is 11.3 Å². The van der Waals surface area contributed by atoms with E-state index >= 15 is 0 Å². The van der Waals surface area contributed by atoms with Crippen molar-refractivity contribution in [3.63, 3.8) is 0 Å². The zero-order chi connectivity index (χ0) is 17.6. The minimum absolute atomic E-state index is 0.121. The minimum Gasteiger partial charge on any atom is -0.353 e. The summed E-state index contributed by atoms with van der Waals surface area (Å²) in [6, 6.07) is 10.5. The Morgan fingerprint density at radius 1 is 1.16 bits per heavy atom. The number of amides is 1. The largest absolute Gasteiger partial charge is 0.353 e. The van der Waals surface area contributed by atoms with Crippen molar-refractivity contribution in [2.24, 2.45) is 0 Å². The fraction of sp³-hybridized carbons (Fsp3) is 0.474. The van der Waals surface area contributed by atoms with Crippen LogP contribution >= 0.6 is 11.3 Å². The Morgan fingerprint density at radius 3 is 2.52 bits per heavy atom. The molecule has 1 aliphatic heterocycles. The molecule has 0 atom stereocenters. The predicted octanol–water partition coefficient (Wildman–Crippen LogP) is 2.45. The Hall–Kier alpha value is -1.76. The van der Waals surface area contributed by atoms with Crippen LogP contribution in [0, 0.1) is 0 Å². The van der Waals surface area contributed by atoms with E-state index in [4.69, 9.17) is 4.98 Å². The van der Waals surface area contributed by atoms with E-state index in [1.807, 2.05) is 32.0 Å². The second-order valence-corrected chi connectivity index (χ2v) is 7.71. The lowest BCUT2D eigenvalue weighted by Gasteiger charge is -2.33. The number of hydrogen-bond acceptors (Lipinski definition) is 5. The number of carbonyl (C=O) groups is 1. The van der Waals surface area contributed by atoms with Crippen molar-refractivity contribution in [2.45, 2.75) is 26.4 Å². The summed E-state index contributed by atoms with van der Waals surface area (Å²) in [5, 5.41) is 6.25. The highest BCUT2D eigenvalue weighted by atomic mass is 32.1. The average Bonchev–Trinajstić information content (AvgIpc) is 3.05. The summed E-state index contributed by atoms with van der Waals surface area (Å²) in [5.74, 6) is 0.121. The van der Waals surface area contributed by atoms with E-state index in [0.29, 0.717) is 6.54 Å². The fourth-order valence-electron chi connectivity index (χ4n) is 2.99. The third-order valence-corrected chi connectivity index (χ3v) is 5.10. The molecule has 2 aromatic rings. The average molecular weight is 359 g/mol. The quantitative estimate of drug-likeness (QED) is 0.862. The Labute approximate surface area is 153 Å². The highest BCUT2D eigenvalue weighted by Crippen LogP contribution is 2.22. The van der Waals surface area contributed by atoms with Crippen LogP contribution in [0.3, 0.4) is 0 Å².